The van der Waals surface area contributed by atoms with Crippen molar-refractivity contribution in [2.24, 2.45) is 10.7 Å². The van der Waals surface area contributed by atoms with Gasteiger partial charge in [0.05, 0.1) is 6.04 Å². The molecule has 39 heavy (non-hydrogen) atoms. The van der Waals surface area contributed by atoms with Crippen LogP contribution < -0.4 is 16.4 Å². The number of benzene rings is 2. The molecule has 1 aliphatic heterocycles. The highest BCUT2D eigenvalue weighted by molar-refractivity contribution is 5.93. The molecule has 208 valence electrons. The van der Waals surface area contributed by atoms with Crippen molar-refractivity contribution in [2.45, 2.75) is 50.5 Å². The fourth-order valence-electron chi connectivity index (χ4n) is 4.33. The highest BCUT2D eigenvalue weighted by Crippen LogP contribution is 2.25. The highest BCUT2D eigenvalue weighted by Gasteiger charge is 2.38. The number of aldehydes is 1. The molecule has 0 spiro atoms. The summed E-state index contributed by atoms with van der Waals surface area (Å²) in [5.41, 5.74) is 7.28. The fraction of sp³-hybridized carbons (Fsp3) is 0.393. The minimum Gasteiger partial charge on any atom is -0.444 e. The molecule has 0 aromatic heterocycles. The number of methoxy groups -OCH3 is 1. The maximum absolute atomic E-state index is 13.2. The van der Waals surface area contributed by atoms with E-state index in [1.807, 2.05) is 48.5 Å². The number of nitrogens with zero attached hydrogens (tertiary/aromatic N) is 2. The Kier molecular flexibility index (Phi) is 11.4. The molecule has 0 saturated carbocycles. The van der Waals surface area contributed by atoms with Crippen LogP contribution in [0.2, 0.25) is 0 Å². The van der Waals surface area contributed by atoms with Crippen molar-refractivity contribution >= 4 is 30.2 Å². The summed E-state index contributed by atoms with van der Waals surface area (Å²) in [5, 5.41) is 5.07. The number of alkyl carbamates (subject to hydrolysis) is 1. The van der Waals surface area contributed by atoms with Gasteiger partial charge in [-0.25, -0.2) is 4.79 Å². The van der Waals surface area contributed by atoms with Gasteiger partial charge in [-0.05, 0) is 36.8 Å². The molecule has 1 heterocycles. The molecule has 1 fully saturated rings. The predicted octanol–water partition coefficient (Wildman–Crippen LogP) is 2.07. The normalized spacial score (nSPS) is 16.7. The zero-order chi connectivity index (χ0) is 28.0. The van der Waals surface area contributed by atoms with E-state index in [4.69, 9.17) is 15.2 Å². The Hall–Kier alpha value is -4.25. The zero-order valence-corrected chi connectivity index (χ0v) is 22.0. The van der Waals surface area contributed by atoms with Crippen LogP contribution in [-0.4, -0.2) is 67.3 Å². The number of guanidine groups is 1. The summed E-state index contributed by atoms with van der Waals surface area (Å²) in [5.74, 6) is -0.777. The summed E-state index contributed by atoms with van der Waals surface area (Å²) in [6.07, 6.45) is 1.05. The smallest absolute Gasteiger partial charge is 0.414 e. The van der Waals surface area contributed by atoms with Gasteiger partial charge in [-0.1, -0.05) is 60.7 Å². The van der Waals surface area contributed by atoms with Gasteiger partial charge in [0, 0.05) is 20.2 Å². The minimum atomic E-state index is -0.811. The Morgan fingerprint density at radius 3 is 2.49 bits per heavy atom. The van der Waals surface area contributed by atoms with Gasteiger partial charge in [0.15, 0.2) is 12.1 Å². The molecule has 2 aromatic carbocycles. The van der Waals surface area contributed by atoms with Crippen molar-refractivity contribution in [3.8, 4) is 0 Å². The van der Waals surface area contributed by atoms with E-state index in [-0.39, 0.29) is 30.9 Å². The van der Waals surface area contributed by atoms with Crippen molar-refractivity contribution in [3.05, 3.63) is 71.8 Å². The largest absolute Gasteiger partial charge is 0.444 e. The van der Waals surface area contributed by atoms with Gasteiger partial charge in [0.1, 0.15) is 18.9 Å². The van der Waals surface area contributed by atoms with Gasteiger partial charge in [-0.2, -0.15) is 0 Å². The Labute approximate surface area is 227 Å². The first kappa shape index (κ1) is 29.3. The molecular weight excluding hydrogens is 502 g/mol. The van der Waals surface area contributed by atoms with Crippen molar-refractivity contribution in [1.29, 1.82) is 0 Å². The third-order valence-electron chi connectivity index (χ3n) is 6.29. The quantitative estimate of drug-likeness (QED) is 0.162. The van der Waals surface area contributed by atoms with Gasteiger partial charge in [-0.3, -0.25) is 19.9 Å². The number of carbonyl (C=O) groups excluding carboxylic acids is 4. The third kappa shape index (κ3) is 8.92. The number of hydrogen-bond acceptors (Lipinski definition) is 7. The standard InChI is InChI=1S/C28H35N5O6/c1-38-24(21-12-6-3-7-13-21)26(36)33-17-9-15-23(33)25(35)31-22(18-34)14-8-16-30-27(29)32-28(37)39-19-20-10-4-2-5-11-20/h2-7,10-13,18,22-24H,8-9,14-17,19H2,1H3,(H,31,35)(H3,29,30,32,37)/t22-,23-,24+/m0/s1. The first-order chi connectivity index (χ1) is 18.9. The lowest BCUT2D eigenvalue weighted by atomic mass is 10.1. The Morgan fingerprint density at radius 1 is 1.13 bits per heavy atom. The van der Waals surface area contributed by atoms with E-state index in [0.717, 1.165) is 5.56 Å². The van der Waals surface area contributed by atoms with Crippen molar-refractivity contribution in [2.75, 3.05) is 20.2 Å². The number of hydrogen-bond donors (Lipinski definition) is 3. The van der Waals surface area contributed by atoms with Gasteiger partial charge < -0.3 is 30.2 Å². The van der Waals surface area contributed by atoms with Crippen molar-refractivity contribution in [1.82, 2.24) is 15.5 Å². The zero-order valence-electron chi connectivity index (χ0n) is 22.0. The van der Waals surface area contributed by atoms with Crippen molar-refractivity contribution in [3.63, 3.8) is 0 Å². The van der Waals surface area contributed by atoms with E-state index < -0.39 is 24.3 Å². The lowest BCUT2D eigenvalue weighted by Crippen LogP contribution is -2.50. The summed E-state index contributed by atoms with van der Waals surface area (Å²) < 4.78 is 10.5. The lowest BCUT2D eigenvalue weighted by Gasteiger charge is -2.28. The van der Waals surface area contributed by atoms with E-state index in [9.17, 15) is 19.2 Å². The van der Waals surface area contributed by atoms with E-state index in [0.29, 0.717) is 44.1 Å². The molecule has 1 saturated heterocycles. The SMILES string of the molecule is CO[C@@H](C(=O)N1CCC[C@H]1C(=O)N[C@H](C=O)CCCN=C(N)NC(=O)OCc1ccccc1)c1ccccc1. The number of ether oxygens (including phenoxy) is 2. The van der Waals surface area contributed by atoms with Crippen LogP contribution >= 0.6 is 0 Å². The van der Waals surface area contributed by atoms with Crippen LogP contribution in [0.4, 0.5) is 4.79 Å². The van der Waals surface area contributed by atoms with Crippen LogP contribution in [-0.2, 0) is 30.5 Å². The molecule has 11 heteroatoms. The maximum Gasteiger partial charge on any atom is 0.414 e. The first-order valence-corrected chi connectivity index (χ1v) is 12.8. The summed E-state index contributed by atoms with van der Waals surface area (Å²) in [4.78, 5) is 55.2. The second kappa shape index (κ2) is 15.2. The predicted molar refractivity (Wildman–Crippen MR) is 144 cm³/mol. The second-order valence-electron chi connectivity index (χ2n) is 9.06. The fourth-order valence-corrected chi connectivity index (χ4v) is 4.33. The molecule has 0 unspecified atom stereocenters. The van der Waals surface area contributed by atoms with Crippen LogP contribution in [0, 0.1) is 0 Å². The van der Waals surface area contributed by atoms with E-state index >= 15 is 0 Å². The molecule has 3 atom stereocenters. The van der Waals surface area contributed by atoms with Gasteiger partial charge in [0.2, 0.25) is 5.91 Å². The van der Waals surface area contributed by atoms with E-state index in [1.165, 1.54) is 12.0 Å². The van der Waals surface area contributed by atoms with Crippen LogP contribution in [0.25, 0.3) is 0 Å². The molecule has 2 aromatic rings. The third-order valence-corrected chi connectivity index (χ3v) is 6.29. The number of nitrogens with two attached hydrogens (primary N) is 1. The second-order valence-corrected chi connectivity index (χ2v) is 9.06. The molecule has 3 rings (SSSR count). The number of nitrogens with one attached hydrogen (secondary N) is 2. The molecule has 1 aliphatic rings. The Bertz CT molecular complexity index is 1130. The number of aliphatic imine (C=N–C) groups is 1. The van der Waals surface area contributed by atoms with Gasteiger partial charge in [0.25, 0.3) is 5.91 Å². The molecule has 0 radical (unpaired) electrons. The van der Waals surface area contributed by atoms with Crippen molar-refractivity contribution < 1.29 is 28.7 Å². The average molecular weight is 538 g/mol. The lowest BCUT2D eigenvalue weighted by molar-refractivity contribution is -0.147. The summed E-state index contributed by atoms with van der Waals surface area (Å²) in [7, 11) is 1.46. The maximum atomic E-state index is 13.2. The van der Waals surface area contributed by atoms with Gasteiger partial charge in [-0.15, -0.1) is 0 Å². The average Bonchev–Trinajstić information content (AvgIpc) is 3.45. The molecular formula is C28H35N5O6. The monoisotopic (exact) mass is 537 g/mol. The van der Waals surface area contributed by atoms with Gasteiger partial charge >= 0.3 is 6.09 Å². The number of likely N-dealkylation sites (tertiary alicyclic amines) is 1. The summed E-state index contributed by atoms with van der Waals surface area (Å²) >= 11 is 0. The van der Waals surface area contributed by atoms with Crippen LogP contribution in [0.1, 0.15) is 42.9 Å². The van der Waals surface area contributed by atoms with E-state index in [2.05, 4.69) is 15.6 Å². The Balaban J connectivity index is 1.43. The number of amides is 3. The molecule has 4 N–H and O–H groups in total. The first-order valence-electron chi connectivity index (χ1n) is 12.8. The topological polar surface area (TPSA) is 152 Å². The minimum absolute atomic E-state index is 0.100. The number of rotatable bonds is 12. The molecule has 0 bridgehead atoms. The summed E-state index contributed by atoms with van der Waals surface area (Å²) in [6.45, 7) is 0.763. The van der Waals surface area contributed by atoms with Crippen LogP contribution in [0.15, 0.2) is 65.7 Å². The van der Waals surface area contributed by atoms with Crippen LogP contribution in [0.5, 0.6) is 0 Å². The molecule has 0 aliphatic carbocycles. The number of carbonyl (C=O) groups is 4. The van der Waals surface area contributed by atoms with Crippen LogP contribution in [0.3, 0.4) is 0 Å². The molecule has 11 nitrogen and oxygen atoms in total. The molecule has 3 amide bonds. The van der Waals surface area contributed by atoms with E-state index in [1.54, 1.807) is 12.1 Å². The highest BCUT2D eigenvalue weighted by atomic mass is 16.5. The Morgan fingerprint density at radius 2 is 1.82 bits per heavy atom. The summed E-state index contributed by atoms with van der Waals surface area (Å²) in [6, 6.07) is 16.9.